The molecule has 220 valence electrons. The Labute approximate surface area is 238 Å². The topological polar surface area (TPSA) is 111 Å². The minimum absolute atomic E-state index is 0.0994. The lowest BCUT2D eigenvalue weighted by molar-refractivity contribution is -0.155. The van der Waals surface area contributed by atoms with Crippen LogP contribution in [0.25, 0.3) is 0 Å². The average molecular weight is 556 g/mol. The lowest BCUT2D eigenvalue weighted by Crippen LogP contribution is -2.42. The van der Waals surface area contributed by atoms with Crippen molar-refractivity contribution in [3.8, 4) is 5.75 Å². The number of carboxylic acids is 1. The maximum absolute atomic E-state index is 12.5. The highest BCUT2D eigenvalue weighted by Gasteiger charge is 2.42. The molecular formula is C32H45NO7. The molecule has 0 fully saturated rings. The Balaban J connectivity index is 2.10. The third kappa shape index (κ3) is 9.28. The van der Waals surface area contributed by atoms with Gasteiger partial charge in [0.25, 0.3) is 0 Å². The van der Waals surface area contributed by atoms with Gasteiger partial charge in [-0.3, -0.25) is 9.59 Å². The molecule has 2 aromatic rings. The maximum Gasteiger partial charge on any atom is 0.407 e. The Morgan fingerprint density at radius 1 is 0.875 bits per heavy atom. The van der Waals surface area contributed by atoms with E-state index in [1.54, 1.807) is 13.8 Å². The Hall–Kier alpha value is -3.55. The molecule has 2 aromatic carbocycles. The van der Waals surface area contributed by atoms with Crippen molar-refractivity contribution in [1.82, 2.24) is 5.32 Å². The van der Waals surface area contributed by atoms with Crippen LogP contribution in [0.5, 0.6) is 5.75 Å². The molecule has 0 aliphatic carbocycles. The monoisotopic (exact) mass is 555 g/mol. The van der Waals surface area contributed by atoms with Crippen LogP contribution in [-0.2, 0) is 30.0 Å². The van der Waals surface area contributed by atoms with Crippen molar-refractivity contribution >= 4 is 18.0 Å². The fourth-order valence-corrected chi connectivity index (χ4v) is 5.01. The van der Waals surface area contributed by atoms with E-state index in [1.165, 1.54) is 0 Å². The van der Waals surface area contributed by atoms with E-state index in [2.05, 4.69) is 5.32 Å². The first-order valence-corrected chi connectivity index (χ1v) is 13.9. The summed E-state index contributed by atoms with van der Waals surface area (Å²) in [5.41, 5.74) is -0.656. The van der Waals surface area contributed by atoms with Crippen LogP contribution in [-0.4, -0.2) is 43.0 Å². The van der Waals surface area contributed by atoms with Gasteiger partial charge >= 0.3 is 18.0 Å². The van der Waals surface area contributed by atoms with Gasteiger partial charge in [0.2, 0.25) is 0 Å². The van der Waals surface area contributed by atoms with Gasteiger partial charge in [-0.05, 0) is 75.6 Å². The zero-order valence-electron chi connectivity index (χ0n) is 24.9. The summed E-state index contributed by atoms with van der Waals surface area (Å²) in [5.74, 6) is -1.09. The second-order valence-electron chi connectivity index (χ2n) is 11.6. The Bertz CT molecular complexity index is 1130. The van der Waals surface area contributed by atoms with Crippen LogP contribution in [0.4, 0.5) is 4.79 Å². The molecule has 40 heavy (non-hydrogen) atoms. The summed E-state index contributed by atoms with van der Waals surface area (Å²) in [7, 11) is 0. The highest BCUT2D eigenvalue weighted by atomic mass is 16.6. The van der Waals surface area contributed by atoms with Crippen molar-refractivity contribution in [3.05, 3.63) is 65.7 Å². The van der Waals surface area contributed by atoms with Crippen molar-refractivity contribution in [3.63, 3.8) is 0 Å². The largest absolute Gasteiger partial charge is 0.490 e. The third-order valence-corrected chi connectivity index (χ3v) is 7.27. The van der Waals surface area contributed by atoms with Crippen molar-refractivity contribution in [2.24, 2.45) is 11.3 Å². The van der Waals surface area contributed by atoms with Gasteiger partial charge in [0.15, 0.2) is 0 Å². The van der Waals surface area contributed by atoms with E-state index in [-0.39, 0.29) is 32.2 Å². The predicted molar refractivity (Wildman–Crippen MR) is 154 cm³/mol. The standard InChI is InChI=1S/C32H45NO7/c1-8-23(27(34)38-9-2)21-32(7,28(35)36)22-30(3,4)24-14-13-15-25(20-24)31(5,6)33-29(37)40-19-18-39-26-16-11-10-12-17-26/h10-17,20,23H,8-9,18-19,21-22H2,1-7H3,(H,33,37)(H,35,36). The van der Waals surface area contributed by atoms with Gasteiger partial charge in [-0.25, -0.2) is 4.79 Å². The quantitative estimate of drug-likeness (QED) is 0.191. The normalized spacial score (nSPS) is 14.0. The molecule has 1 amide bonds. The van der Waals surface area contributed by atoms with Gasteiger partial charge in [0.05, 0.1) is 23.5 Å². The van der Waals surface area contributed by atoms with Crippen LogP contribution >= 0.6 is 0 Å². The summed E-state index contributed by atoms with van der Waals surface area (Å²) in [6.45, 7) is 13.7. The lowest BCUT2D eigenvalue weighted by atomic mass is 9.66. The molecule has 8 nitrogen and oxygen atoms in total. The van der Waals surface area contributed by atoms with Gasteiger partial charge in [-0.2, -0.15) is 0 Å². The number of hydrogen-bond acceptors (Lipinski definition) is 6. The molecule has 0 aliphatic heterocycles. The number of carboxylic acid groups (broad SMARTS) is 1. The van der Waals surface area contributed by atoms with E-state index in [0.717, 1.165) is 11.1 Å². The minimum atomic E-state index is -1.15. The number of rotatable bonds is 15. The van der Waals surface area contributed by atoms with Crippen LogP contribution in [0.2, 0.25) is 0 Å². The number of carbonyl (C=O) groups is 3. The number of para-hydroxylation sites is 1. The number of alkyl carbamates (subject to hydrolysis) is 1. The molecule has 0 spiro atoms. The molecule has 2 unspecified atom stereocenters. The lowest BCUT2D eigenvalue weighted by Gasteiger charge is -2.37. The van der Waals surface area contributed by atoms with Crippen LogP contribution < -0.4 is 10.1 Å². The van der Waals surface area contributed by atoms with E-state index >= 15 is 0 Å². The molecule has 0 bridgehead atoms. The van der Waals surface area contributed by atoms with Crippen molar-refractivity contribution < 1.29 is 33.7 Å². The summed E-state index contributed by atoms with van der Waals surface area (Å²) < 4.78 is 16.1. The van der Waals surface area contributed by atoms with E-state index in [0.29, 0.717) is 18.6 Å². The van der Waals surface area contributed by atoms with Gasteiger partial charge in [0.1, 0.15) is 19.0 Å². The second-order valence-corrected chi connectivity index (χ2v) is 11.6. The number of nitrogens with one attached hydrogen (secondary N) is 1. The van der Waals surface area contributed by atoms with Crippen molar-refractivity contribution in [1.29, 1.82) is 0 Å². The molecule has 0 saturated heterocycles. The molecule has 0 aliphatic rings. The number of amides is 1. The van der Waals surface area contributed by atoms with Gasteiger partial charge in [-0.1, -0.05) is 63.2 Å². The third-order valence-electron chi connectivity index (χ3n) is 7.27. The van der Waals surface area contributed by atoms with Crippen LogP contribution in [0, 0.1) is 11.3 Å². The van der Waals surface area contributed by atoms with Crippen LogP contribution in [0.1, 0.15) is 78.9 Å². The summed E-state index contributed by atoms with van der Waals surface area (Å²) in [6.07, 6.45) is 0.445. The molecule has 8 heteroatoms. The van der Waals surface area contributed by atoms with Crippen molar-refractivity contribution in [2.75, 3.05) is 19.8 Å². The molecule has 2 rings (SSSR count). The summed E-state index contributed by atoms with van der Waals surface area (Å²) in [6, 6.07) is 17.1. The smallest absolute Gasteiger partial charge is 0.407 e. The van der Waals surface area contributed by atoms with E-state index < -0.39 is 34.3 Å². The number of esters is 1. The number of hydrogen-bond donors (Lipinski definition) is 2. The zero-order chi connectivity index (χ0) is 30.0. The zero-order valence-corrected chi connectivity index (χ0v) is 24.9. The van der Waals surface area contributed by atoms with Gasteiger partial charge in [0, 0.05) is 0 Å². The Kier molecular flexibility index (Phi) is 11.6. The Morgan fingerprint density at radius 3 is 2.12 bits per heavy atom. The summed E-state index contributed by atoms with van der Waals surface area (Å²) in [4.78, 5) is 37.4. The van der Waals surface area contributed by atoms with Gasteiger partial charge < -0.3 is 24.6 Å². The van der Waals surface area contributed by atoms with Gasteiger partial charge in [-0.15, -0.1) is 0 Å². The van der Waals surface area contributed by atoms with E-state index in [1.807, 2.05) is 89.2 Å². The van der Waals surface area contributed by atoms with E-state index in [9.17, 15) is 19.5 Å². The Morgan fingerprint density at radius 2 is 1.52 bits per heavy atom. The van der Waals surface area contributed by atoms with Crippen molar-refractivity contribution in [2.45, 2.75) is 78.7 Å². The molecule has 0 aromatic heterocycles. The first-order valence-electron chi connectivity index (χ1n) is 13.9. The molecule has 0 saturated carbocycles. The number of benzene rings is 2. The fourth-order valence-electron chi connectivity index (χ4n) is 5.01. The minimum Gasteiger partial charge on any atom is -0.490 e. The first-order chi connectivity index (χ1) is 18.7. The summed E-state index contributed by atoms with van der Waals surface area (Å²) in [5, 5.41) is 13.1. The number of carbonyl (C=O) groups excluding carboxylic acids is 2. The summed E-state index contributed by atoms with van der Waals surface area (Å²) >= 11 is 0. The molecule has 0 radical (unpaired) electrons. The van der Waals surface area contributed by atoms with Crippen LogP contribution in [0.15, 0.2) is 54.6 Å². The molecule has 0 heterocycles. The second kappa shape index (κ2) is 14.2. The maximum atomic E-state index is 12.5. The molecule has 2 atom stereocenters. The number of ether oxygens (including phenoxy) is 3. The van der Waals surface area contributed by atoms with E-state index in [4.69, 9.17) is 14.2 Å². The fraction of sp³-hybridized carbons (Fsp3) is 0.531. The molecular weight excluding hydrogens is 510 g/mol. The van der Waals surface area contributed by atoms with Crippen LogP contribution in [0.3, 0.4) is 0 Å². The first kappa shape index (κ1) is 32.7. The number of aliphatic carboxylic acids is 1. The molecule has 2 N–H and O–H groups in total. The highest BCUT2D eigenvalue weighted by Crippen LogP contribution is 2.42. The highest BCUT2D eigenvalue weighted by molar-refractivity contribution is 5.77. The SMILES string of the molecule is CCOC(=O)C(CC)CC(C)(CC(C)(C)c1cccc(C(C)(C)NC(=O)OCCOc2ccccc2)c1)C(=O)O. The predicted octanol–water partition coefficient (Wildman–Crippen LogP) is 6.46. The average Bonchev–Trinajstić information content (AvgIpc) is 2.90.